The molecule has 1 rings (SSSR count). The van der Waals surface area contributed by atoms with Crippen molar-refractivity contribution >= 4 is 5.82 Å². The zero-order valence-electron chi connectivity index (χ0n) is 10.3. The second kappa shape index (κ2) is 6.40. The minimum absolute atomic E-state index is 0.471. The highest BCUT2D eigenvalue weighted by Crippen LogP contribution is 2.00. The molecular formula is C11H21N5. The molecule has 0 saturated carbocycles. The van der Waals surface area contributed by atoms with Gasteiger partial charge in [0.1, 0.15) is 5.82 Å². The number of rotatable bonds is 6. The minimum atomic E-state index is 0.471. The van der Waals surface area contributed by atoms with E-state index >= 15 is 0 Å². The highest BCUT2D eigenvalue weighted by molar-refractivity contribution is 5.22. The molecule has 90 valence electrons. The van der Waals surface area contributed by atoms with Crippen LogP contribution in [-0.2, 0) is 6.54 Å². The third-order valence-corrected chi connectivity index (χ3v) is 2.30. The van der Waals surface area contributed by atoms with Gasteiger partial charge in [-0.25, -0.2) is 4.98 Å². The third-order valence-electron chi connectivity index (χ3n) is 2.30. The number of nitrogens with zero attached hydrogens (tertiary/aromatic N) is 4. The summed E-state index contributed by atoms with van der Waals surface area (Å²) in [5.74, 6) is 0.471. The first-order valence-electron chi connectivity index (χ1n) is 5.47. The first-order chi connectivity index (χ1) is 7.58. The van der Waals surface area contributed by atoms with Crippen LogP contribution in [0.25, 0.3) is 0 Å². The number of hydrogen-bond donors (Lipinski definition) is 1. The van der Waals surface area contributed by atoms with Gasteiger partial charge < -0.3 is 15.5 Å². The van der Waals surface area contributed by atoms with E-state index in [1.807, 2.05) is 0 Å². The van der Waals surface area contributed by atoms with Crippen LogP contribution in [-0.4, -0.2) is 54.0 Å². The lowest BCUT2D eigenvalue weighted by molar-refractivity contribution is 0.292. The van der Waals surface area contributed by atoms with Gasteiger partial charge in [0, 0.05) is 6.54 Å². The van der Waals surface area contributed by atoms with Crippen LogP contribution in [0.4, 0.5) is 5.82 Å². The van der Waals surface area contributed by atoms with Crippen molar-refractivity contribution in [3.8, 4) is 0 Å². The molecule has 0 aromatic carbocycles. The van der Waals surface area contributed by atoms with Gasteiger partial charge in [-0.3, -0.25) is 4.98 Å². The molecule has 0 radical (unpaired) electrons. The van der Waals surface area contributed by atoms with Gasteiger partial charge in [0.25, 0.3) is 0 Å². The molecule has 0 atom stereocenters. The first-order valence-corrected chi connectivity index (χ1v) is 5.47. The smallest absolute Gasteiger partial charge is 0.141 e. The molecule has 1 aromatic rings. The summed E-state index contributed by atoms with van der Waals surface area (Å²) in [5, 5.41) is 0. The zero-order valence-corrected chi connectivity index (χ0v) is 10.3. The molecule has 0 aliphatic rings. The third kappa shape index (κ3) is 5.04. The molecule has 0 spiro atoms. The standard InChI is InChI=1S/C11H21N5/c1-15(2)5-4-6-16(3)9-10-7-14-11(12)8-13-10/h7-8H,4-6,9H2,1-3H3,(H2,12,14). The lowest BCUT2D eigenvalue weighted by atomic mass is 10.3. The average Bonchev–Trinajstić information content (AvgIpc) is 2.21. The van der Waals surface area contributed by atoms with Crippen LogP contribution in [0, 0.1) is 0 Å². The van der Waals surface area contributed by atoms with Crippen molar-refractivity contribution in [2.45, 2.75) is 13.0 Å². The Morgan fingerprint density at radius 3 is 2.44 bits per heavy atom. The molecular weight excluding hydrogens is 202 g/mol. The minimum Gasteiger partial charge on any atom is -0.382 e. The Hall–Kier alpha value is -1.20. The van der Waals surface area contributed by atoms with Crippen molar-refractivity contribution in [3.63, 3.8) is 0 Å². The maximum Gasteiger partial charge on any atom is 0.141 e. The van der Waals surface area contributed by atoms with Gasteiger partial charge >= 0.3 is 0 Å². The van der Waals surface area contributed by atoms with Gasteiger partial charge in [-0.15, -0.1) is 0 Å². The summed E-state index contributed by atoms with van der Waals surface area (Å²) in [6.45, 7) is 2.99. The van der Waals surface area contributed by atoms with Gasteiger partial charge in [0.05, 0.1) is 18.1 Å². The van der Waals surface area contributed by atoms with Crippen LogP contribution < -0.4 is 5.73 Å². The van der Waals surface area contributed by atoms with E-state index in [1.165, 1.54) is 0 Å². The fourth-order valence-corrected chi connectivity index (χ4v) is 1.46. The molecule has 1 heterocycles. The van der Waals surface area contributed by atoms with Crippen molar-refractivity contribution in [2.75, 3.05) is 40.0 Å². The monoisotopic (exact) mass is 223 g/mol. The molecule has 0 aliphatic heterocycles. The van der Waals surface area contributed by atoms with Crippen LogP contribution >= 0.6 is 0 Å². The Kier molecular flexibility index (Phi) is 5.14. The Labute approximate surface area is 97.3 Å². The predicted molar refractivity (Wildman–Crippen MR) is 65.9 cm³/mol. The molecule has 0 bridgehead atoms. The molecule has 2 N–H and O–H groups in total. The molecule has 0 fully saturated rings. The second-order valence-electron chi connectivity index (χ2n) is 4.33. The van der Waals surface area contributed by atoms with E-state index in [-0.39, 0.29) is 0 Å². The number of hydrogen-bond acceptors (Lipinski definition) is 5. The van der Waals surface area contributed by atoms with Crippen LogP contribution in [0.15, 0.2) is 12.4 Å². The number of nitrogen functional groups attached to an aromatic ring is 1. The maximum atomic E-state index is 5.48. The van der Waals surface area contributed by atoms with Gasteiger partial charge in [-0.2, -0.15) is 0 Å². The number of anilines is 1. The second-order valence-corrected chi connectivity index (χ2v) is 4.33. The Balaban J connectivity index is 2.28. The van der Waals surface area contributed by atoms with E-state index in [2.05, 4.69) is 40.9 Å². The summed E-state index contributed by atoms with van der Waals surface area (Å²) in [7, 11) is 6.27. The summed E-state index contributed by atoms with van der Waals surface area (Å²) < 4.78 is 0. The zero-order chi connectivity index (χ0) is 12.0. The topological polar surface area (TPSA) is 58.3 Å². The van der Waals surface area contributed by atoms with Crippen molar-refractivity contribution in [1.29, 1.82) is 0 Å². The van der Waals surface area contributed by atoms with Crippen molar-refractivity contribution in [3.05, 3.63) is 18.1 Å². The van der Waals surface area contributed by atoms with E-state index in [0.29, 0.717) is 5.82 Å². The van der Waals surface area contributed by atoms with Crippen molar-refractivity contribution in [2.24, 2.45) is 0 Å². The number of aromatic nitrogens is 2. The summed E-state index contributed by atoms with van der Waals surface area (Å²) in [6, 6.07) is 0. The van der Waals surface area contributed by atoms with Gasteiger partial charge in [0.15, 0.2) is 0 Å². The van der Waals surface area contributed by atoms with E-state index in [9.17, 15) is 0 Å². The molecule has 5 heteroatoms. The molecule has 0 unspecified atom stereocenters. The Morgan fingerprint density at radius 1 is 1.12 bits per heavy atom. The molecule has 16 heavy (non-hydrogen) atoms. The molecule has 0 saturated heterocycles. The lowest BCUT2D eigenvalue weighted by Gasteiger charge is -2.17. The van der Waals surface area contributed by atoms with E-state index in [0.717, 1.165) is 31.7 Å². The molecule has 0 aliphatic carbocycles. The Morgan fingerprint density at radius 2 is 1.88 bits per heavy atom. The van der Waals surface area contributed by atoms with Crippen LogP contribution in [0.5, 0.6) is 0 Å². The average molecular weight is 223 g/mol. The van der Waals surface area contributed by atoms with Gasteiger partial charge in [0.2, 0.25) is 0 Å². The summed E-state index contributed by atoms with van der Waals surface area (Å²) in [5.41, 5.74) is 6.44. The van der Waals surface area contributed by atoms with Crippen LogP contribution in [0.2, 0.25) is 0 Å². The Bertz CT molecular complexity index is 296. The molecule has 0 amide bonds. The molecule has 5 nitrogen and oxygen atoms in total. The fraction of sp³-hybridized carbons (Fsp3) is 0.636. The quantitative estimate of drug-likeness (QED) is 0.758. The maximum absolute atomic E-state index is 5.48. The highest BCUT2D eigenvalue weighted by Gasteiger charge is 2.02. The van der Waals surface area contributed by atoms with Crippen LogP contribution in [0.3, 0.4) is 0 Å². The van der Waals surface area contributed by atoms with E-state index < -0.39 is 0 Å². The lowest BCUT2D eigenvalue weighted by Crippen LogP contribution is -2.23. The van der Waals surface area contributed by atoms with Crippen LogP contribution in [0.1, 0.15) is 12.1 Å². The number of nitrogens with two attached hydrogens (primary N) is 1. The predicted octanol–water partition coefficient (Wildman–Crippen LogP) is 0.442. The summed E-state index contributed by atoms with van der Waals surface area (Å²) in [4.78, 5) is 12.7. The molecule has 1 aromatic heterocycles. The van der Waals surface area contributed by atoms with E-state index in [4.69, 9.17) is 5.73 Å². The SMILES string of the molecule is CN(C)CCCN(C)Cc1cnc(N)cn1. The highest BCUT2D eigenvalue weighted by atomic mass is 15.1. The van der Waals surface area contributed by atoms with Gasteiger partial charge in [-0.1, -0.05) is 0 Å². The largest absolute Gasteiger partial charge is 0.382 e. The van der Waals surface area contributed by atoms with E-state index in [1.54, 1.807) is 12.4 Å². The summed E-state index contributed by atoms with van der Waals surface area (Å²) >= 11 is 0. The fourth-order valence-electron chi connectivity index (χ4n) is 1.46. The van der Waals surface area contributed by atoms with Crippen molar-refractivity contribution < 1.29 is 0 Å². The normalized spacial score (nSPS) is 11.3. The summed E-state index contributed by atoms with van der Waals surface area (Å²) in [6.07, 6.45) is 4.49. The van der Waals surface area contributed by atoms with Gasteiger partial charge in [-0.05, 0) is 40.7 Å². The van der Waals surface area contributed by atoms with Crippen molar-refractivity contribution in [1.82, 2.24) is 19.8 Å². The first kappa shape index (κ1) is 12.9.